The fourth-order valence-corrected chi connectivity index (χ4v) is 4.01. The predicted molar refractivity (Wildman–Crippen MR) is 77.2 cm³/mol. The molecule has 1 heterocycles. The minimum atomic E-state index is -3.54. The summed E-state index contributed by atoms with van der Waals surface area (Å²) >= 11 is 0. The Hall–Kier alpha value is -1.63. The van der Waals surface area contributed by atoms with Crippen LogP contribution in [0.1, 0.15) is 20.3 Å². The number of nitrogens with zero attached hydrogens (tertiary/aromatic N) is 1. The Balaban J connectivity index is 2.10. The van der Waals surface area contributed by atoms with Crippen LogP contribution in [0.5, 0.6) is 0 Å². The molecule has 7 heteroatoms. The van der Waals surface area contributed by atoms with Crippen molar-refractivity contribution in [3.05, 3.63) is 30.1 Å². The summed E-state index contributed by atoms with van der Waals surface area (Å²) in [5, 5.41) is 2.11. The van der Waals surface area contributed by atoms with E-state index in [-0.39, 0.29) is 23.5 Å². The minimum Gasteiger partial charge on any atom is -0.336 e. The molecule has 5 nitrogen and oxygen atoms in total. The quantitative estimate of drug-likeness (QED) is 0.865. The summed E-state index contributed by atoms with van der Waals surface area (Å²) in [5.74, 6) is -0.474. The maximum Gasteiger partial charge on any atom is 0.317 e. The van der Waals surface area contributed by atoms with Crippen molar-refractivity contribution in [1.82, 2.24) is 10.2 Å². The lowest BCUT2D eigenvalue weighted by molar-refractivity contribution is 0.206. The minimum absolute atomic E-state index is 0.00487. The van der Waals surface area contributed by atoms with Crippen LogP contribution in [-0.2, 0) is 9.84 Å². The van der Waals surface area contributed by atoms with E-state index in [4.69, 9.17) is 0 Å². The van der Waals surface area contributed by atoms with Crippen LogP contribution in [-0.4, -0.2) is 43.7 Å². The number of likely N-dealkylation sites (tertiary alicyclic amines) is 1. The average Bonchev–Trinajstić information content (AvgIpc) is 2.88. The number of nitrogens with one attached hydrogen (secondary N) is 1. The third kappa shape index (κ3) is 3.53. The molecular weight excluding hydrogens is 295 g/mol. The molecule has 1 unspecified atom stereocenters. The number of hydrogen-bond donors (Lipinski definition) is 1. The number of hydrogen-bond acceptors (Lipinski definition) is 3. The summed E-state index contributed by atoms with van der Waals surface area (Å²) in [4.78, 5) is 13.5. The topological polar surface area (TPSA) is 66.5 Å². The number of rotatable bonds is 3. The van der Waals surface area contributed by atoms with Gasteiger partial charge in [-0.05, 0) is 44.5 Å². The van der Waals surface area contributed by atoms with Crippen LogP contribution in [0.2, 0.25) is 0 Å². The van der Waals surface area contributed by atoms with Gasteiger partial charge in [0.25, 0.3) is 0 Å². The molecule has 1 aromatic rings. The van der Waals surface area contributed by atoms with Gasteiger partial charge in [0.15, 0.2) is 9.84 Å². The van der Waals surface area contributed by atoms with Crippen LogP contribution in [0.4, 0.5) is 9.18 Å². The highest BCUT2D eigenvalue weighted by Crippen LogP contribution is 2.24. The average molecular weight is 314 g/mol. The maximum absolute atomic E-state index is 12.9. The number of sulfone groups is 1. The van der Waals surface area contributed by atoms with Crippen molar-refractivity contribution < 1.29 is 17.6 Å². The number of benzene rings is 1. The van der Waals surface area contributed by atoms with Crippen molar-refractivity contribution in [2.24, 2.45) is 0 Å². The van der Waals surface area contributed by atoms with E-state index in [9.17, 15) is 17.6 Å². The molecule has 116 valence electrons. The molecule has 21 heavy (non-hydrogen) atoms. The van der Waals surface area contributed by atoms with E-state index in [1.54, 1.807) is 0 Å². The van der Waals surface area contributed by atoms with Gasteiger partial charge in [-0.25, -0.2) is 17.6 Å². The van der Waals surface area contributed by atoms with Gasteiger partial charge in [-0.3, -0.25) is 0 Å². The Morgan fingerprint density at radius 1 is 1.33 bits per heavy atom. The second-order valence-electron chi connectivity index (χ2n) is 5.46. The van der Waals surface area contributed by atoms with Crippen LogP contribution in [0.25, 0.3) is 0 Å². The smallest absolute Gasteiger partial charge is 0.317 e. The summed E-state index contributed by atoms with van der Waals surface area (Å²) in [6, 6.07) is 4.55. The van der Waals surface area contributed by atoms with Gasteiger partial charge in [-0.2, -0.15) is 0 Å². The fourth-order valence-electron chi connectivity index (χ4n) is 2.32. The van der Waals surface area contributed by atoms with Gasteiger partial charge < -0.3 is 10.2 Å². The third-order valence-electron chi connectivity index (χ3n) is 3.43. The largest absolute Gasteiger partial charge is 0.336 e. The normalized spacial score (nSPS) is 19.0. The third-order valence-corrected chi connectivity index (χ3v) is 5.62. The van der Waals surface area contributed by atoms with Crippen molar-refractivity contribution in [2.45, 2.75) is 36.5 Å². The zero-order chi connectivity index (χ0) is 15.6. The number of carbonyl (C=O) groups is 1. The van der Waals surface area contributed by atoms with E-state index in [1.165, 1.54) is 17.0 Å². The van der Waals surface area contributed by atoms with Gasteiger partial charge in [0, 0.05) is 19.1 Å². The Kier molecular flexibility index (Phi) is 4.51. The Morgan fingerprint density at radius 2 is 1.95 bits per heavy atom. The van der Waals surface area contributed by atoms with Crippen molar-refractivity contribution in [3.63, 3.8) is 0 Å². The van der Waals surface area contributed by atoms with Crippen molar-refractivity contribution in [3.8, 4) is 0 Å². The first-order chi connectivity index (χ1) is 9.80. The molecule has 1 N–H and O–H groups in total. The molecule has 2 rings (SSSR count). The molecule has 2 amide bonds. The molecule has 1 aromatic carbocycles. The molecule has 0 bridgehead atoms. The van der Waals surface area contributed by atoms with Crippen molar-refractivity contribution in [1.29, 1.82) is 0 Å². The monoisotopic (exact) mass is 314 g/mol. The van der Waals surface area contributed by atoms with E-state index in [1.807, 2.05) is 13.8 Å². The van der Waals surface area contributed by atoms with Crippen molar-refractivity contribution >= 4 is 15.9 Å². The lowest BCUT2D eigenvalue weighted by Gasteiger charge is -2.19. The summed E-state index contributed by atoms with van der Waals surface area (Å²) in [5.41, 5.74) is 0. The maximum atomic E-state index is 12.9. The number of carbonyl (C=O) groups excluding carboxylic acids is 1. The van der Waals surface area contributed by atoms with Gasteiger partial charge in [-0.1, -0.05) is 0 Å². The molecule has 0 aliphatic carbocycles. The van der Waals surface area contributed by atoms with Gasteiger partial charge in [-0.15, -0.1) is 0 Å². The number of halogens is 1. The standard InChI is InChI=1S/C14H19FN2O3S/c1-10(2)16-14(18)17-8-7-13(9-17)21(19,20)12-5-3-11(15)4-6-12/h3-6,10,13H,7-9H2,1-2H3,(H,16,18). The molecule has 0 saturated carbocycles. The Morgan fingerprint density at radius 3 is 2.52 bits per heavy atom. The highest BCUT2D eigenvalue weighted by Gasteiger charge is 2.36. The second-order valence-corrected chi connectivity index (χ2v) is 7.69. The summed E-state index contributed by atoms with van der Waals surface area (Å²) in [6.45, 7) is 4.27. The van der Waals surface area contributed by atoms with Crippen LogP contribution >= 0.6 is 0 Å². The zero-order valence-electron chi connectivity index (χ0n) is 12.0. The van der Waals surface area contributed by atoms with Gasteiger partial charge >= 0.3 is 6.03 Å². The van der Waals surface area contributed by atoms with Crippen LogP contribution in [0, 0.1) is 5.82 Å². The summed E-state index contributed by atoms with van der Waals surface area (Å²) in [6.07, 6.45) is 0.394. The zero-order valence-corrected chi connectivity index (χ0v) is 12.9. The molecule has 1 aliphatic heterocycles. The lowest BCUT2D eigenvalue weighted by atomic mass is 10.3. The summed E-state index contributed by atoms with van der Waals surface area (Å²) < 4.78 is 37.8. The SMILES string of the molecule is CC(C)NC(=O)N1CCC(S(=O)(=O)c2ccc(F)cc2)C1. The molecule has 1 fully saturated rings. The predicted octanol–water partition coefficient (Wildman–Crippen LogP) is 1.79. The van der Waals surface area contributed by atoms with E-state index in [2.05, 4.69) is 5.32 Å². The van der Waals surface area contributed by atoms with E-state index in [0.29, 0.717) is 13.0 Å². The molecule has 1 atom stereocenters. The van der Waals surface area contributed by atoms with E-state index >= 15 is 0 Å². The van der Waals surface area contributed by atoms with E-state index < -0.39 is 20.9 Å². The molecule has 0 radical (unpaired) electrons. The fraction of sp³-hybridized carbons (Fsp3) is 0.500. The van der Waals surface area contributed by atoms with Crippen molar-refractivity contribution in [2.75, 3.05) is 13.1 Å². The number of amides is 2. The van der Waals surface area contributed by atoms with Gasteiger partial charge in [0.1, 0.15) is 5.82 Å². The Bertz CT molecular complexity index is 614. The van der Waals surface area contributed by atoms with E-state index in [0.717, 1.165) is 12.1 Å². The highest BCUT2D eigenvalue weighted by molar-refractivity contribution is 7.92. The van der Waals surface area contributed by atoms with Crippen LogP contribution in [0.3, 0.4) is 0 Å². The second kappa shape index (κ2) is 6.01. The van der Waals surface area contributed by atoms with Crippen LogP contribution < -0.4 is 5.32 Å². The van der Waals surface area contributed by atoms with Crippen LogP contribution in [0.15, 0.2) is 29.2 Å². The molecule has 0 spiro atoms. The first-order valence-electron chi connectivity index (χ1n) is 6.85. The molecule has 1 saturated heterocycles. The molecule has 0 aromatic heterocycles. The first-order valence-corrected chi connectivity index (χ1v) is 8.40. The van der Waals surface area contributed by atoms with Gasteiger partial charge in [0.2, 0.25) is 0 Å². The number of urea groups is 1. The molecule has 1 aliphatic rings. The molecular formula is C14H19FN2O3S. The Labute approximate surface area is 124 Å². The van der Waals surface area contributed by atoms with Gasteiger partial charge in [0.05, 0.1) is 10.1 Å². The summed E-state index contributed by atoms with van der Waals surface area (Å²) in [7, 11) is -3.54. The highest BCUT2D eigenvalue weighted by atomic mass is 32.2. The lowest BCUT2D eigenvalue weighted by Crippen LogP contribution is -2.42. The first kappa shape index (κ1) is 15.8.